The fourth-order valence-corrected chi connectivity index (χ4v) is 3.11. The molecule has 6 heteroatoms. The second-order valence-electron chi connectivity index (χ2n) is 4.30. The number of carbonyl (C=O) groups excluding carboxylic acids is 1. The average Bonchev–Trinajstić information content (AvgIpc) is 3.05. The highest BCUT2D eigenvalue weighted by atomic mass is 35.5. The molecule has 0 fully saturated rings. The van der Waals surface area contributed by atoms with Gasteiger partial charge < -0.3 is 15.5 Å². The summed E-state index contributed by atoms with van der Waals surface area (Å²) in [6.45, 7) is 0.407. The summed E-state index contributed by atoms with van der Waals surface area (Å²) in [4.78, 5) is 12.7. The molecule has 4 nitrogen and oxygen atoms in total. The fourth-order valence-electron chi connectivity index (χ4n) is 1.91. The predicted molar refractivity (Wildman–Crippen MR) is 81.1 cm³/mol. The zero-order valence-electron chi connectivity index (χ0n) is 10.4. The first-order chi connectivity index (χ1) is 9.65. The Morgan fingerprint density at radius 3 is 3.00 bits per heavy atom. The second-order valence-corrected chi connectivity index (χ2v) is 5.79. The normalized spacial score (nSPS) is 10.8. The van der Waals surface area contributed by atoms with Crippen molar-refractivity contribution in [1.82, 2.24) is 5.32 Å². The number of fused-ring (bicyclic) bond motifs is 1. The molecule has 0 radical (unpaired) electrons. The van der Waals surface area contributed by atoms with Crippen LogP contribution >= 0.6 is 22.9 Å². The summed E-state index contributed by atoms with van der Waals surface area (Å²) >= 11 is 7.31. The number of nitrogen functional groups attached to an aromatic ring is 1. The van der Waals surface area contributed by atoms with Gasteiger partial charge in [0.1, 0.15) is 4.88 Å². The van der Waals surface area contributed by atoms with Crippen molar-refractivity contribution in [2.24, 2.45) is 0 Å². The van der Waals surface area contributed by atoms with Gasteiger partial charge >= 0.3 is 0 Å². The fraction of sp³-hybridized carbons (Fsp3) is 0.0714. The standard InChI is InChI=1S/C14H11ClN2O2S/c15-9-1-2-11-10(5-9)12(16)13(20-11)14(18)17-6-8-3-4-19-7-8/h1-5,7H,6,16H2,(H,17,18). The molecule has 0 unspecified atom stereocenters. The van der Waals surface area contributed by atoms with Gasteiger partial charge in [-0.25, -0.2) is 0 Å². The molecule has 0 bridgehead atoms. The van der Waals surface area contributed by atoms with E-state index in [4.69, 9.17) is 21.8 Å². The van der Waals surface area contributed by atoms with Gasteiger partial charge in [0.15, 0.2) is 0 Å². The third-order valence-corrected chi connectivity index (χ3v) is 4.35. The number of benzene rings is 1. The van der Waals surface area contributed by atoms with E-state index in [2.05, 4.69) is 5.32 Å². The van der Waals surface area contributed by atoms with Crippen molar-refractivity contribution in [1.29, 1.82) is 0 Å². The summed E-state index contributed by atoms with van der Waals surface area (Å²) in [5, 5.41) is 4.24. The molecule has 0 aliphatic heterocycles. The Balaban J connectivity index is 1.86. The molecular weight excluding hydrogens is 296 g/mol. The smallest absolute Gasteiger partial charge is 0.263 e. The minimum atomic E-state index is -0.193. The quantitative estimate of drug-likeness (QED) is 0.776. The van der Waals surface area contributed by atoms with Crippen LogP contribution in [0.15, 0.2) is 41.2 Å². The number of thiophene rings is 1. The maximum Gasteiger partial charge on any atom is 0.263 e. The first kappa shape index (κ1) is 13.0. The van der Waals surface area contributed by atoms with E-state index in [0.29, 0.717) is 22.1 Å². The van der Waals surface area contributed by atoms with Crippen LogP contribution in [0.4, 0.5) is 5.69 Å². The van der Waals surface area contributed by atoms with Crippen molar-refractivity contribution in [3.63, 3.8) is 0 Å². The van der Waals surface area contributed by atoms with Gasteiger partial charge in [-0.05, 0) is 24.3 Å². The van der Waals surface area contributed by atoms with Crippen molar-refractivity contribution in [3.05, 3.63) is 52.3 Å². The van der Waals surface area contributed by atoms with Crippen molar-refractivity contribution in [2.75, 3.05) is 5.73 Å². The zero-order chi connectivity index (χ0) is 14.1. The molecule has 0 saturated heterocycles. The SMILES string of the molecule is Nc1c(C(=O)NCc2ccoc2)sc2ccc(Cl)cc12. The summed E-state index contributed by atoms with van der Waals surface area (Å²) in [5.74, 6) is -0.193. The summed E-state index contributed by atoms with van der Waals surface area (Å²) in [6.07, 6.45) is 3.16. The highest BCUT2D eigenvalue weighted by Gasteiger charge is 2.16. The van der Waals surface area contributed by atoms with Crippen LogP contribution in [0.1, 0.15) is 15.2 Å². The number of rotatable bonds is 3. The van der Waals surface area contributed by atoms with Crippen LogP contribution in [0.2, 0.25) is 5.02 Å². The van der Waals surface area contributed by atoms with E-state index in [1.165, 1.54) is 11.3 Å². The number of nitrogens with one attached hydrogen (secondary N) is 1. The summed E-state index contributed by atoms with van der Waals surface area (Å²) < 4.78 is 5.89. The third-order valence-electron chi connectivity index (χ3n) is 2.93. The molecule has 20 heavy (non-hydrogen) atoms. The molecule has 0 aliphatic carbocycles. The number of furan rings is 1. The summed E-state index contributed by atoms with van der Waals surface area (Å²) in [7, 11) is 0. The van der Waals surface area contributed by atoms with Gasteiger partial charge in [-0.3, -0.25) is 4.79 Å². The van der Waals surface area contributed by atoms with Crippen LogP contribution in [-0.4, -0.2) is 5.91 Å². The number of carbonyl (C=O) groups is 1. The Labute approximate surface area is 124 Å². The highest BCUT2D eigenvalue weighted by molar-refractivity contribution is 7.21. The minimum Gasteiger partial charge on any atom is -0.472 e. The van der Waals surface area contributed by atoms with Gasteiger partial charge in [-0.2, -0.15) is 0 Å². The maximum absolute atomic E-state index is 12.2. The van der Waals surface area contributed by atoms with Crippen LogP contribution in [0.5, 0.6) is 0 Å². The number of nitrogens with two attached hydrogens (primary N) is 1. The molecule has 0 atom stereocenters. The van der Waals surface area contributed by atoms with Gasteiger partial charge in [0.25, 0.3) is 5.91 Å². The van der Waals surface area contributed by atoms with Gasteiger partial charge in [0.05, 0.1) is 18.2 Å². The molecule has 3 rings (SSSR count). The topological polar surface area (TPSA) is 68.3 Å². The first-order valence-corrected chi connectivity index (χ1v) is 7.11. The van der Waals surface area contributed by atoms with Crippen LogP contribution in [0.3, 0.4) is 0 Å². The first-order valence-electron chi connectivity index (χ1n) is 5.92. The van der Waals surface area contributed by atoms with Crippen LogP contribution in [-0.2, 0) is 6.54 Å². The van der Waals surface area contributed by atoms with Crippen molar-refractivity contribution in [3.8, 4) is 0 Å². The largest absolute Gasteiger partial charge is 0.472 e. The number of amides is 1. The molecular formula is C14H11ClN2O2S. The van der Waals surface area contributed by atoms with E-state index in [1.807, 2.05) is 6.07 Å². The highest BCUT2D eigenvalue weighted by Crippen LogP contribution is 2.35. The van der Waals surface area contributed by atoms with Crippen LogP contribution in [0, 0.1) is 0 Å². The molecule has 0 aliphatic rings. The van der Waals surface area contributed by atoms with Gasteiger partial charge in [-0.15, -0.1) is 11.3 Å². The number of hydrogen-bond acceptors (Lipinski definition) is 4. The Morgan fingerprint density at radius 2 is 2.25 bits per heavy atom. The summed E-state index contributed by atoms with van der Waals surface area (Å²) in [5.41, 5.74) is 7.40. The Morgan fingerprint density at radius 1 is 1.40 bits per heavy atom. The zero-order valence-corrected chi connectivity index (χ0v) is 11.9. The predicted octanol–water partition coefficient (Wildman–Crippen LogP) is 3.66. The van der Waals surface area contributed by atoms with E-state index in [-0.39, 0.29) is 5.91 Å². The Kier molecular flexibility index (Phi) is 3.38. The third kappa shape index (κ3) is 2.37. The lowest BCUT2D eigenvalue weighted by Crippen LogP contribution is -2.22. The number of halogens is 1. The lowest BCUT2D eigenvalue weighted by molar-refractivity contribution is 0.0956. The van der Waals surface area contributed by atoms with E-state index in [1.54, 1.807) is 30.7 Å². The molecule has 2 heterocycles. The lowest BCUT2D eigenvalue weighted by Gasteiger charge is -2.02. The van der Waals surface area contributed by atoms with Crippen LogP contribution < -0.4 is 11.1 Å². The number of hydrogen-bond donors (Lipinski definition) is 2. The molecule has 102 valence electrons. The van der Waals surface area contributed by atoms with Crippen molar-refractivity contribution >= 4 is 44.6 Å². The van der Waals surface area contributed by atoms with E-state index in [9.17, 15) is 4.79 Å². The molecule has 1 amide bonds. The summed E-state index contributed by atoms with van der Waals surface area (Å²) in [6, 6.07) is 7.22. The second kappa shape index (κ2) is 5.19. The monoisotopic (exact) mass is 306 g/mol. The lowest BCUT2D eigenvalue weighted by atomic mass is 10.2. The van der Waals surface area contributed by atoms with Gasteiger partial charge in [-0.1, -0.05) is 11.6 Å². The molecule has 3 N–H and O–H groups in total. The Hall–Kier alpha value is -1.98. The molecule has 0 spiro atoms. The molecule has 3 aromatic rings. The van der Waals surface area contributed by atoms with E-state index < -0.39 is 0 Å². The minimum absolute atomic E-state index is 0.193. The van der Waals surface area contributed by atoms with Crippen LogP contribution in [0.25, 0.3) is 10.1 Å². The molecule has 0 saturated carbocycles. The van der Waals surface area contributed by atoms with E-state index in [0.717, 1.165) is 15.6 Å². The van der Waals surface area contributed by atoms with E-state index >= 15 is 0 Å². The van der Waals surface area contributed by atoms with Gasteiger partial charge in [0.2, 0.25) is 0 Å². The molecule has 1 aromatic carbocycles. The maximum atomic E-state index is 12.2. The van der Waals surface area contributed by atoms with Crippen molar-refractivity contribution in [2.45, 2.75) is 6.54 Å². The molecule has 2 aromatic heterocycles. The van der Waals surface area contributed by atoms with Gasteiger partial charge in [0, 0.05) is 27.2 Å². The van der Waals surface area contributed by atoms with Crippen molar-refractivity contribution < 1.29 is 9.21 Å². The Bertz CT molecular complexity index is 765. The average molecular weight is 307 g/mol. The number of anilines is 1.